The van der Waals surface area contributed by atoms with Crippen LogP contribution in [-0.2, 0) is 28.6 Å². The average Bonchev–Trinajstić information content (AvgIpc) is 3.07. The second-order valence-corrected chi connectivity index (χ2v) is 10.3. The van der Waals surface area contributed by atoms with Crippen molar-refractivity contribution in [1.29, 1.82) is 0 Å². The minimum Gasteiger partial charge on any atom is -0.463 e. The van der Waals surface area contributed by atoms with Crippen molar-refractivity contribution in [3.05, 3.63) is 86.1 Å². The second-order valence-electron chi connectivity index (χ2n) is 10.3. The van der Waals surface area contributed by atoms with Gasteiger partial charge >= 0.3 is 5.97 Å². The number of halogens is 1. The number of aryl methyl sites for hydroxylation is 3. The van der Waals surface area contributed by atoms with E-state index in [0.29, 0.717) is 75.3 Å². The minimum absolute atomic E-state index is 0.128. The Morgan fingerprint density at radius 1 is 1.11 bits per heavy atom. The molecule has 0 radical (unpaired) electrons. The Bertz CT molecular complexity index is 1470. The van der Waals surface area contributed by atoms with E-state index in [0.717, 1.165) is 0 Å². The van der Waals surface area contributed by atoms with Gasteiger partial charge < -0.3 is 19.1 Å². The van der Waals surface area contributed by atoms with Crippen LogP contribution in [0.25, 0.3) is 17.2 Å². The van der Waals surface area contributed by atoms with Gasteiger partial charge in [0.2, 0.25) is 0 Å². The Kier molecular flexibility index (Phi) is 7.61. The van der Waals surface area contributed by atoms with Gasteiger partial charge in [0.15, 0.2) is 0 Å². The van der Waals surface area contributed by atoms with E-state index in [9.17, 15) is 19.1 Å². The van der Waals surface area contributed by atoms with E-state index in [-0.39, 0.29) is 18.0 Å². The monoisotopic (exact) mass is 519 g/mol. The van der Waals surface area contributed by atoms with E-state index in [2.05, 4.69) is 0 Å². The quantitative estimate of drug-likeness (QED) is 0.398. The third kappa shape index (κ3) is 5.43. The number of ether oxygens (including phenoxy) is 2. The first-order valence-corrected chi connectivity index (χ1v) is 12.8. The number of carbonyl (C=O) groups is 1. The van der Waals surface area contributed by atoms with Gasteiger partial charge in [-0.25, -0.2) is 9.18 Å². The number of esters is 1. The van der Waals surface area contributed by atoms with Gasteiger partial charge in [-0.2, -0.15) is 0 Å². The number of hydrogen-bond acceptors (Lipinski definition) is 5. The Balaban J connectivity index is 2.01. The molecule has 0 atom stereocenters. The maximum absolute atomic E-state index is 14.0. The van der Waals surface area contributed by atoms with Crippen molar-refractivity contribution in [3.8, 4) is 22.6 Å². The fraction of sp³-hybridized carbons (Fsp3) is 0.355. The zero-order valence-corrected chi connectivity index (χ0v) is 22.8. The zero-order valence-electron chi connectivity index (χ0n) is 22.8. The highest BCUT2D eigenvalue weighted by Gasteiger charge is 2.25. The van der Waals surface area contributed by atoms with E-state index in [1.54, 1.807) is 66.1 Å². The summed E-state index contributed by atoms with van der Waals surface area (Å²) in [5.41, 5.74) is 3.74. The van der Waals surface area contributed by atoms with Gasteiger partial charge in [-0.05, 0) is 106 Å². The van der Waals surface area contributed by atoms with E-state index >= 15 is 0 Å². The Hall–Kier alpha value is -3.71. The molecule has 0 saturated carbocycles. The summed E-state index contributed by atoms with van der Waals surface area (Å²) in [6.07, 6.45) is 5.12. The van der Waals surface area contributed by atoms with Gasteiger partial charge in [0.05, 0.1) is 12.2 Å². The number of nitrogens with zero attached hydrogens (tertiary/aromatic N) is 1. The van der Waals surface area contributed by atoms with Crippen molar-refractivity contribution in [2.45, 2.75) is 59.5 Å². The van der Waals surface area contributed by atoms with Gasteiger partial charge in [0.25, 0.3) is 5.56 Å². The summed E-state index contributed by atoms with van der Waals surface area (Å²) in [6.45, 7) is 8.97. The van der Waals surface area contributed by atoms with Crippen LogP contribution in [0, 0.1) is 19.7 Å². The molecule has 0 amide bonds. The van der Waals surface area contributed by atoms with Crippen LogP contribution in [0.2, 0.25) is 0 Å². The molecule has 6 nitrogen and oxygen atoms in total. The topological polar surface area (TPSA) is 77.8 Å². The Labute approximate surface area is 222 Å². The molecular formula is C31H34FNO5. The predicted molar refractivity (Wildman–Crippen MR) is 146 cm³/mol. The minimum atomic E-state index is -1.14. The molecule has 1 aliphatic carbocycles. The predicted octanol–water partition coefficient (Wildman–Crippen LogP) is 6.11. The molecule has 3 aromatic rings. The van der Waals surface area contributed by atoms with Crippen LogP contribution in [0.1, 0.15) is 61.4 Å². The highest BCUT2D eigenvalue weighted by molar-refractivity contribution is 5.96. The van der Waals surface area contributed by atoms with Gasteiger partial charge in [0, 0.05) is 35.5 Å². The van der Waals surface area contributed by atoms with Crippen molar-refractivity contribution in [3.63, 3.8) is 0 Å². The number of carbonyl (C=O) groups excluding carboxylic acids is 1. The molecule has 38 heavy (non-hydrogen) atoms. The van der Waals surface area contributed by atoms with Gasteiger partial charge in [-0.15, -0.1) is 0 Å². The first-order chi connectivity index (χ1) is 17.9. The average molecular weight is 520 g/mol. The highest BCUT2D eigenvalue weighted by Crippen LogP contribution is 2.41. The molecule has 200 valence electrons. The Morgan fingerprint density at radius 3 is 2.42 bits per heavy atom. The first-order valence-electron chi connectivity index (χ1n) is 12.8. The van der Waals surface area contributed by atoms with Crippen molar-refractivity contribution in [2.24, 2.45) is 7.05 Å². The summed E-state index contributed by atoms with van der Waals surface area (Å²) in [6, 6.07) is 8.23. The molecule has 1 aromatic heterocycles. The van der Waals surface area contributed by atoms with E-state index in [4.69, 9.17) is 9.47 Å². The lowest BCUT2D eigenvalue weighted by Gasteiger charge is -2.23. The zero-order chi connectivity index (χ0) is 27.8. The van der Waals surface area contributed by atoms with Crippen LogP contribution < -0.4 is 10.3 Å². The molecular weight excluding hydrogens is 485 g/mol. The fourth-order valence-corrected chi connectivity index (χ4v) is 4.90. The molecule has 0 bridgehead atoms. The number of aromatic nitrogens is 1. The molecule has 1 heterocycles. The van der Waals surface area contributed by atoms with Crippen molar-refractivity contribution in [2.75, 3.05) is 6.61 Å². The van der Waals surface area contributed by atoms with E-state index in [1.807, 2.05) is 6.07 Å². The molecule has 1 aliphatic rings. The standard InChI is InChI=1S/C31H34FNO5/c1-7-37-30(35)20-9-8-10-23-24(15-20)26(17-33(6)29(23)34)25-16-21(31(4,5)36)11-12-27(25)38-28-18(2)13-22(32)14-19(28)3/h11-17,36H,7-10H2,1-6H3. The molecule has 7 heteroatoms. The molecule has 1 N–H and O–H groups in total. The number of pyridine rings is 1. The molecule has 0 unspecified atom stereocenters. The molecule has 0 spiro atoms. The van der Waals surface area contributed by atoms with Crippen LogP contribution in [0.15, 0.2) is 46.9 Å². The van der Waals surface area contributed by atoms with Crippen LogP contribution in [-0.4, -0.2) is 22.2 Å². The maximum Gasteiger partial charge on any atom is 0.334 e. The van der Waals surface area contributed by atoms with Crippen LogP contribution in [0.3, 0.4) is 0 Å². The van der Waals surface area contributed by atoms with Gasteiger partial charge in [0.1, 0.15) is 17.3 Å². The molecule has 0 aliphatic heterocycles. The second kappa shape index (κ2) is 10.6. The number of fused-ring (bicyclic) bond motifs is 1. The van der Waals surface area contributed by atoms with Crippen molar-refractivity contribution >= 4 is 12.0 Å². The number of rotatable bonds is 6. The molecule has 0 saturated heterocycles. The van der Waals surface area contributed by atoms with Crippen molar-refractivity contribution < 1.29 is 23.8 Å². The summed E-state index contributed by atoms with van der Waals surface area (Å²) < 4.78 is 27.2. The number of hydrogen-bond donors (Lipinski definition) is 1. The maximum atomic E-state index is 14.0. The third-order valence-corrected chi connectivity index (χ3v) is 6.86. The highest BCUT2D eigenvalue weighted by atomic mass is 19.1. The largest absolute Gasteiger partial charge is 0.463 e. The Morgan fingerprint density at radius 2 is 1.79 bits per heavy atom. The lowest BCUT2D eigenvalue weighted by atomic mass is 9.90. The smallest absolute Gasteiger partial charge is 0.334 e. The third-order valence-electron chi connectivity index (χ3n) is 6.86. The van der Waals surface area contributed by atoms with Gasteiger partial charge in [-0.1, -0.05) is 6.07 Å². The van der Waals surface area contributed by atoms with Crippen LogP contribution >= 0.6 is 0 Å². The lowest BCUT2D eigenvalue weighted by Crippen LogP contribution is -2.22. The SMILES string of the molecule is CCOC(=O)C1=Cc2c(-c3cc(C(C)(C)O)ccc3Oc3c(C)cc(F)cc3C)cn(C)c(=O)c2CCC1. The molecule has 0 fully saturated rings. The normalized spacial score (nSPS) is 13.4. The number of aliphatic hydroxyl groups is 1. The summed E-state index contributed by atoms with van der Waals surface area (Å²) in [7, 11) is 1.70. The molecule has 4 rings (SSSR count). The summed E-state index contributed by atoms with van der Waals surface area (Å²) >= 11 is 0. The van der Waals surface area contributed by atoms with Crippen LogP contribution in [0.5, 0.6) is 11.5 Å². The first kappa shape index (κ1) is 27.3. The summed E-state index contributed by atoms with van der Waals surface area (Å²) in [5.74, 6) is 0.269. The molecule has 2 aromatic carbocycles. The van der Waals surface area contributed by atoms with Crippen LogP contribution in [0.4, 0.5) is 4.39 Å². The summed E-state index contributed by atoms with van der Waals surface area (Å²) in [4.78, 5) is 25.9. The fourth-order valence-electron chi connectivity index (χ4n) is 4.90. The van der Waals surface area contributed by atoms with Gasteiger partial charge in [-0.3, -0.25) is 4.79 Å². The van der Waals surface area contributed by atoms with E-state index in [1.165, 1.54) is 16.7 Å². The number of benzene rings is 2. The van der Waals surface area contributed by atoms with Crippen molar-refractivity contribution in [1.82, 2.24) is 4.57 Å². The van der Waals surface area contributed by atoms with E-state index < -0.39 is 11.6 Å². The summed E-state index contributed by atoms with van der Waals surface area (Å²) in [5, 5.41) is 10.8. The lowest BCUT2D eigenvalue weighted by molar-refractivity contribution is -0.138.